The second-order valence-corrected chi connectivity index (χ2v) is 10.1. The maximum absolute atomic E-state index is 12.9. The van der Waals surface area contributed by atoms with Gasteiger partial charge in [-0.05, 0) is 31.2 Å². The van der Waals surface area contributed by atoms with Crippen LogP contribution in [0.1, 0.15) is 28.1 Å². The van der Waals surface area contributed by atoms with Crippen molar-refractivity contribution in [3.63, 3.8) is 0 Å². The van der Waals surface area contributed by atoms with Crippen LogP contribution in [0.3, 0.4) is 0 Å². The molecule has 10 heteroatoms. The molecule has 0 unspecified atom stereocenters. The highest BCUT2D eigenvalue weighted by Crippen LogP contribution is 2.30. The fourth-order valence-corrected chi connectivity index (χ4v) is 5.38. The van der Waals surface area contributed by atoms with Crippen LogP contribution in [0.25, 0.3) is 11.3 Å². The molecule has 33 heavy (non-hydrogen) atoms. The Labute approximate surface area is 196 Å². The number of anilines is 1. The Bertz CT molecular complexity index is 1290. The number of aryl methyl sites for hydroxylation is 1. The number of nitrogens with one attached hydrogen (secondary N) is 1. The Balaban J connectivity index is 1.75. The standard InChI is InChI=1S/C23H21N5O3S2/c1-17-21(18-7-3-2-4-8-18)26-23(32-17)27-22(29)19-9-11-20(12-10-19)33(30,31)28(15-5-13-24)16-6-14-25/h2-4,7-12H,5-6,15-16H2,1H3,(H,26,27,29). The minimum absolute atomic E-state index is 0.00407. The fraction of sp³-hybridized carbons (Fsp3) is 0.217. The van der Waals surface area contributed by atoms with Crippen molar-refractivity contribution < 1.29 is 13.2 Å². The van der Waals surface area contributed by atoms with Crippen LogP contribution in [-0.2, 0) is 10.0 Å². The molecule has 0 radical (unpaired) electrons. The Hall–Kier alpha value is -3.57. The van der Waals surface area contributed by atoms with Gasteiger partial charge in [0.05, 0.1) is 22.7 Å². The van der Waals surface area contributed by atoms with E-state index in [1.165, 1.54) is 35.6 Å². The summed E-state index contributed by atoms with van der Waals surface area (Å²) in [4.78, 5) is 18.1. The van der Waals surface area contributed by atoms with E-state index in [2.05, 4.69) is 10.3 Å². The number of hydrogen-bond donors (Lipinski definition) is 1. The van der Waals surface area contributed by atoms with Gasteiger partial charge in [-0.1, -0.05) is 30.3 Å². The quantitative estimate of drug-likeness (QED) is 0.490. The number of carbonyl (C=O) groups is 1. The normalized spacial score (nSPS) is 11.0. The first kappa shape index (κ1) is 24.1. The Morgan fingerprint density at radius 3 is 2.21 bits per heavy atom. The number of benzene rings is 2. The van der Waals surface area contributed by atoms with Crippen LogP contribution < -0.4 is 5.32 Å². The second kappa shape index (κ2) is 10.8. The lowest BCUT2D eigenvalue weighted by atomic mass is 10.1. The van der Waals surface area contributed by atoms with Crippen molar-refractivity contribution in [3.8, 4) is 23.4 Å². The first-order chi connectivity index (χ1) is 15.9. The van der Waals surface area contributed by atoms with E-state index in [0.29, 0.717) is 5.13 Å². The molecule has 0 aliphatic rings. The number of nitrogens with zero attached hydrogens (tertiary/aromatic N) is 4. The zero-order valence-corrected chi connectivity index (χ0v) is 19.5. The van der Waals surface area contributed by atoms with E-state index in [1.54, 1.807) is 0 Å². The molecule has 0 aliphatic carbocycles. The smallest absolute Gasteiger partial charge is 0.257 e. The van der Waals surface area contributed by atoms with Gasteiger partial charge >= 0.3 is 0 Å². The summed E-state index contributed by atoms with van der Waals surface area (Å²) in [5.41, 5.74) is 2.04. The van der Waals surface area contributed by atoms with Gasteiger partial charge in [-0.15, -0.1) is 11.3 Å². The largest absolute Gasteiger partial charge is 0.298 e. The van der Waals surface area contributed by atoms with Crippen molar-refractivity contribution >= 4 is 32.4 Å². The molecule has 0 atom stereocenters. The van der Waals surface area contributed by atoms with Gasteiger partial charge in [0.25, 0.3) is 5.91 Å². The van der Waals surface area contributed by atoms with Crippen LogP contribution in [0, 0.1) is 29.6 Å². The number of hydrogen-bond acceptors (Lipinski definition) is 7. The van der Waals surface area contributed by atoms with Gasteiger partial charge in [0.2, 0.25) is 10.0 Å². The average molecular weight is 480 g/mol. The Morgan fingerprint density at radius 2 is 1.64 bits per heavy atom. The van der Waals surface area contributed by atoms with Gasteiger partial charge in [0.1, 0.15) is 0 Å². The van der Waals surface area contributed by atoms with Crippen LogP contribution in [0.2, 0.25) is 0 Å². The van der Waals surface area contributed by atoms with Crippen molar-refractivity contribution in [2.24, 2.45) is 0 Å². The summed E-state index contributed by atoms with van der Waals surface area (Å²) >= 11 is 1.36. The molecule has 1 heterocycles. The number of rotatable bonds is 9. The second-order valence-electron chi connectivity index (χ2n) is 6.99. The summed E-state index contributed by atoms with van der Waals surface area (Å²) < 4.78 is 26.9. The van der Waals surface area contributed by atoms with Crippen molar-refractivity contribution in [3.05, 3.63) is 65.0 Å². The molecule has 0 saturated heterocycles. The van der Waals surface area contributed by atoms with Crippen molar-refractivity contribution in [2.45, 2.75) is 24.7 Å². The lowest BCUT2D eigenvalue weighted by Gasteiger charge is -2.20. The molecular formula is C23H21N5O3S2. The molecule has 1 N–H and O–H groups in total. The maximum atomic E-state index is 12.9. The first-order valence-electron chi connectivity index (χ1n) is 10.0. The zero-order chi connectivity index (χ0) is 23.8. The molecule has 2 aromatic carbocycles. The molecule has 1 amide bonds. The van der Waals surface area contributed by atoms with E-state index in [4.69, 9.17) is 10.5 Å². The lowest BCUT2D eigenvalue weighted by molar-refractivity contribution is 0.102. The minimum atomic E-state index is -3.89. The molecule has 168 valence electrons. The third kappa shape index (κ3) is 5.82. The van der Waals surface area contributed by atoms with Crippen LogP contribution in [0.15, 0.2) is 59.5 Å². The first-order valence-corrected chi connectivity index (χ1v) is 12.3. The highest BCUT2D eigenvalue weighted by atomic mass is 32.2. The number of thiazole rings is 1. The Morgan fingerprint density at radius 1 is 1.03 bits per heavy atom. The minimum Gasteiger partial charge on any atom is -0.298 e. The average Bonchev–Trinajstić information content (AvgIpc) is 3.19. The highest BCUT2D eigenvalue weighted by molar-refractivity contribution is 7.89. The molecule has 0 aliphatic heterocycles. The van der Waals surface area contributed by atoms with Crippen LogP contribution in [0.5, 0.6) is 0 Å². The molecule has 3 aromatic rings. The van der Waals surface area contributed by atoms with E-state index < -0.39 is 15.9 Å². The fourth-order valence-electron chi connectivity index (χ4n) is 3.11. The predicted molar refractivity (Wildman–Crippen MR) is 126 cm³/mol. The molecule has 0 spiro atoms. The van der Waals surface area contributed by atoms with Gasteiger partial charge in [0.15, 0.2) is 5.13 Å². The number of nitriles is 2. The molecule has 8 nitrogen and oxygen atoms in total. The van der Waals surface area contributed by atoms with Crippen LogP contribution >= 0.6 is 11.3 Å². The van der Waals surface area contributed by atoms with Gasteiger partial charge in [-0.3, -0.25) is 10.1 Å². The van der Waals surface area contributed by atoms with E-state index in [9.17, 15) is 13.2 Å². The summed E-state index contributed by atoms with van der Waals surface area (Å²) in [5.74, 6) is -0.405. The molecule has 0 bridgehead atoms. The molecule has 1 aromatic heterocycles. The molecule has 3 rings (SSSR count). The summed E-state index contributed by atoms with van der Waals surface area (Å²) in [6, 6.07) is 19.0. The third-order valence-corrected chi connectivity index (χ3v) is 7.56. The molecule has 0 saturated carbocycles. The predicted octanol–water partition coefficient (Wildman–Crippen LogP) is 4.19. The molecular weight excluding hydrogens is 458 g/mol. The van der Waals surface area contributed by atoms with E-state index in [1.807, 2.05) is 49.4 Å². The number of amides is 1. The maximum Gasteiger partial charge on any atom is 0.257 e. The zero-order valence-electron chi connectivity index (χ0n) is 17.9. The highest BCUT2D eigenvalue weighted by Gasteiger charge is 2.24. The molecule has 0 fully saturated rings. The summed E-state index contributed by atoms with van der Waals surface area (Å²) in [5, 5.41) is 20.8. The van der Waals surface area contributed by atoms with Gasteiger partial charge in [-0.2, -0.15) is 14.8 Å². The van der Waals surface area contributed by atoms with Gasteiger partial charge in [-0.25, -0.2) is 13.4 Å². The number of sulfonamides is 1. The number of carbonyl (C=O) groups excluding carboxylic acids is 1. The van der Waals surface area contributed by atoms with E-state index in [0.717, 1.165) is 20.4 Å². The SMILES string of the molecule is Cc1sc(NC(=O)c2ccc(S(=O)(=O)N(CCC#N)CCC#N)cc2)nc1-c1ccccc1. The van der Waals surface area contributed by atoms with Crippen molar-refractivity contribution in [1.82, 2.24) is 9.29 Å². The van der Waals surface area contributed by atoms with Crippen LogP contribution in [-0.4, -0.2) is 36.7 Å². The lowest BCUT2D eigenvalue weighted by Crippen LogP contribution is -2.32. The third-order valence-electron chi connectivity index (χ3n) is 4.76. The topological polar surface area (TPSA) is 127 Å². The monoisotopic (exact) mass is 479 g/mol. The van der Waals surface area contributed by atoms with Crippen LogP contribution in [0.4, 0.5) is 5.13 Å². The number of aromatic nitrogens is 1. The van der Waals surface area contributed by atoms with Crippen molar-refractivity contribution in [2.75, 3.05) is 18.4 Å². The van der Waals surface area contributed by atoms with Gasteiger partial charge < -0.3 is 0 Å². The van der Waals surface area contributed by atoms with E-state index in [-0.39, 0.29) is 36.4 Å². The Kier molecular flexibility index (Phi) is 7.91. The van der Waals surface area contributed by atoms with Crippen molar-refractivity contribution in [1.29, 1.82) is 10.5 Å². The summed E-state index contributed by atoms with van der Waals surface area (Å²) in [6.07, 6.45) is 0.0344. The van der Waals surface area contributed by atoms with Gasteiger partial charge in [0, 0.05) is 41.9 Å². The van der Waals surface area contributed by atoms with E-state index >= 15 is 0 Å². The summed E-state index contributed by atoms with van der Waals surface area (Å²) in [7, 11) is -3.89. The summed E-state index contributed by atoms with van der Waals surface area (Å²) in [6.45, 7) is 1.92.